The second kappa shape index (κ2) is 5.17. The van der Waals surface area contributed by atoms with Crippen molar-refractivity contribution in [3.8, 4) is 0 Å². The van der Waals surface area contributed by atoms with Gasteiger partial charge in [0.25, 0.3) is 0 Å². The number of ether oxygens (including phenoxy) is 1. The van der Waals surface area contributed by atoms with Crippen molar-refractivity contribution >= 4 is 0 Å². The van der Waals surface area contributed by atoms with E-state index in [0.29, 0.717) is 11.5 Å². The predicted molar refractivity (Wildman–Crippen MR) is 68.8 cm³/mol. The maximum Gasteiger partial charge on any atom is 0.163 e. The molecule has 1 aliphatic heterocycles. The fraction of sp³-hybridized carbons (Fsp3) is 0.600. The summed E-state index contributed by atoms with van der Waals surface area (Å²) in [5.41, 5.74) is 0.390. The number of hydrogen-bond donors (Lipinski definition) is 1. The summed E-state index contributed by atoms with van der Waals surface area (Å²) >= 11 is 0. The van der Waals surface area contributed by atoms with Crippen molar-refractivity contribution < 1.29 is 13.5 Å². The minimum atomic E-state index is -0.785. The lowest BCUT2D eigenvalue weighted by molar-refractivity contribution is 0.0792. The molecule has 1 saturated heterocycles. The third kappa shape index (κ3) is 2.65. The predicted octanol–water partition coefficient (Wildman–Crippen LogP) is 3.18. The molecule has 0 spiro atoms. The van der Waals surface area contributed by atoms with Crippen LogP contribution in [0.5, 0.6) is 0 Å². The normalized spacial score (nSPS) is 28.6. The molecule has 3 rings (SSSR count). The molecular weight excluding hydrogens is 248 g/mol. The van der Waals surface area contributed by atoms with Gasteiger partial charge < -0.3 is 10.1 Å². The van der Waals surface area contributed by atoms with Crippen LogP contribution >= 0.6 is 0 Å². The summed E-state index contributed by atoms with van der Waals surface area (Å²) in [7, 11) is 0. The molecule has 1 saturated carbocycles. The van der Waals surface area contributed by atoms with E-state index in [1.807, 2.05) is 6.92 Å². The Morgan fingerprint density at radius 1 is 1.26 bits per heavy atom. The van der Waals surface area contributed by atoms with Crippen LogP contribution in [0.2, 0.25) is 0 Å². The molecule has 1 N–H and O–H groups in total. The fourth-order valence-electron chi connectivity index (χ4n) is 2.94. The van der Waals surface area contributed by atoms with Gasteiger partial charge in [0, 0.05) is 24.3 Å². The van der Waals surface area contributed by atoms with Crippen molar-refractivity contribution in [1.82, 2.24) is 5.32 Å². The van der Waals surface area contributed by atoms with Crippen molar-refractivity contribution in [2.45, 2.75) is 44.4 Å². The molecule has 0 amide bonds. The van der Waals surface area contributed by atoms with Crippen LogP contribution in [0.4, 0.5) is 8.78 Å². The average molecular weight is 267 g/mol. The van der Waals surface area contributed by atoms with E-state index in [-0.39, 0.29) is 18.2 Å². The highest BCUT2D eigenvalue weighted by Crippen LogP contribution is 2.39. The molecule has 2 nitrogen and oxygen atoms in total. The minimum Gasteiger partial charge on any atom is -0.376 e. The van der Waals surface area contributed by atoms with Crippen molar-refractivity contribution in [2.75, 3.05) is 6.61 Å². The Bertz CT molecular complexity index is 461. The van der Waals surface area contributed by atoms with E-state index in [0.717, 1.165) is 19.1 Å². The zero-order valence-electron chi connectivity index (χ0n) is 11.0. The molecule has 0 radical (unpaired) electrons. The van der Waals surface area contributed by atoms with Crippen LogP contribution in [-0.4, -0.2) is 18.8 Å². The van der Waals surface area contributed by atoms with Gasteiger partial charge in [0.1, 0.15) is 0 Å². The number of halogens is 2. The molecule has 3 atom stereocenters. The Labute approximate surface area is 112 Å². The average Bonchev–Trinajstić information content (AvgIpc) is 3.13. The van der Waals surface area contributed by atoms with Gasteiger partial charge in [-0.3, -0.25) is 0 Å². The van der Waals surface area contributed by atoms with Gasteiger partial charge in [-0.1, -0.05) is 12.1 Å². The largest absolute Gasteiger partial charge is 0.376 e. The second-order valence-corrected chi connectivity index (χ2v) is 5.60. The van der Waals surface area contributed by atoms with Crippen LogP contribution in [-0.2, 0) is 4.74 Å². The fourth-order valence-corrected chi connectivity index (χ4v) is 2.94. The standard InChI is InChI=1S/C15H19F2NO/c1-9(11-3-2-4-12(16)14(11)17)18-13-7-8-19-15(13)10-5-6-10/h2-4,9-10,13,15,18H,5-8H2,1H3. The summed E-state index contributed by atoms with van der Waals surface area (Å²) in [5, 5.41) is 3.40. The molecule has 1 aliphatic carbocycles. The zero-order valence-corrected chi connectivity index (χ0v) is 11.0. The van der Waals surface area contributed by atoms with E-state index in [1.165, 1.54) is 12.8 Å². The van der Waals surface area contributed by atoms with Gasteiger partial charge in [-0.05, 0) is 38.2 Å². The molecule has 104 valence electrons. The van der Waals surface area contributed by atoms with Gasteiger partial charge in [-0.25, -0.2) is 8.78 Å². The van der Waals surface area contributed by atoms with E-state index in [1.54, 1.807) is 12.1 Å². The lowest BCUT2D eigenvalue weighted by Crippen LogP contribution is -2.39. The Balaban J connectivity index is 1.70. The summed E-state index contributed by atoms with van der Waals surface area (Å²) in [5.74, 6) is -0.874. The van der Waals surface area contributed by atoms with Gasteiger partial charge >= 0.3 is 0 Å². The first kappa shape index (κ1) is 13.0. The molecule has 1 heterocycles. The Hall–Kier alpha value is -1.00. The molecule has 3 unspecified atom stereocenters. The quantitative estimate of drug-likeness (QED) is 0.904. The highest BCUT2D eigenvalue weighted by molar-refractivity contribution is 5.22. The first-order chi connectivity index (χ1) is 9.16. The Kier molecular flexibility index (Phi) is 3.54. The van der Waals surface area contributed by atoms with Gasteiger partial charge in [0.15, 0.2) is 11.6 Å². The molecule has 0 aromatic heterocycles. The Morgan fingerprint density at radius 2 is 2.05 bits per heavy atom. The monoisotopic (exact) mass is 267 g/mol. The maximum atomic E-state index is 13.7. The van der Waals surface area contributed by atoms with Gasteiger partial charge in [-0.2, -0.15) is 0 Å². The zero-order chi connectivity index (χ0) is 13.4. The molecule has 0 bridgehead atoms. The number of nitrogens with one attached hydrogen (secondary N) is 1. The van der Waals surface area contributed by atoms with Gasteiger partial charge in [0.05, 0.1) is 6.10 Å². The SMILES string of the molecule is CC(NC1CCOC1C1CC1)c1cccc(F)c1F. The van der Waals surface area contributed by atoms with Crippen LogP contribution in [0.1, 0.15) is 37.8 Å². The second-order valence-electron chi connectivity index (χ2n) is 5.60. The first-order valence-corrected chi connectivity index (χ1v) is 6.98. The molecule has 1 aromatic carbocycles. The number of benzene rings is 1. The molecule has 1 aromatic rings. The van der Waals surface area contributed by atoms with Crippen molar-refractivity contribution in [2.24, 2.45) is 5.92 Å². The maximum absolute atomic E-state index is 13.7. The van der Waals surface area contributed by atoms with Crippen molar-refractivity contribution in [3.63, 3.8) is 0 Å². The van der Waals surface area contributed by atoms with Gasteiger partial charge in [-0.15, -0.1) is 0 Å². The third-order valence-electron chi connectivity index (χ3n) is 4.13. The lowest BCUT2D eigenvalue weighted by Gasteiger charge is -2.24. The number of hydrogen-bond acceptors (Lipinski definition) is 2. The van der Waals surface area contributed by atoms with E-state index in [2.05, 4.69) is 5.32 Å². The van der Waals surface area contributed by atoms with Crippen LogP contribution in [0.15, 0.2) is 18.2 Å². The van der Waals surface area contributed by atoms with Crippen LogP contribution in [0, 0.1) is 17.6 Å². The Morgan fingerprint density at radius 3 is 2.79 bits per heavy atom. The highest BCUT2D eigenvalue weighted by atomic mass is 19.2. The first-order valence-electron chi connectivity index (χ1n) is 6.98. The van der Waals surface area contributed by atoms with E-state index < -0.39 is 11.6 Å². The molecule has 19 heavy (non-hydrogen) atoms. The molecule has 2 aliphatic rings. The van der Waals surface area contributed by atoms with E-state index in [9.17, 15) is 8.78 Å². The highest BCUT2D eigenvalue weighted by Gasteiger charge is 2.41. The molecule has 4 heteroatoms. The summed E-state index contributed by atoms with van der Waals surface area (Å²) in [6.45, 7) is 2.64. The topological polar surface area (TPSA) is 21.3 Å². The summed E-state index contributed by atoms with van der Waals surface area (Å²) in [6, 6.07) is 4.39. The molecule has 2 fully saturated rings. The minimum absolute atomic E-state index is 0.205. The van der Waals surface area contributed by atoms with Gasteiger partial charge in [0.2, 0.25) is 0 Å². The van der Waals surface area contributed by atoms with Crippen LogP contribution in [0.3, 0.4) is 0 Å². The molecular formula is C15H19F2NO. The summed E-state index contributed by atoms with van der Waals surface area (Å²) in [6.07, 6.45) is 3.65. The lowest BCUT2D eigenvalue weighted by atomic mass is 10.0. The third-order valence-corrected chi connectivity index (χ3v) is 4.13. The summed E-state index contributed by atoms with van der Waals surface area (Å²) < 4.78 is 32.7. The van der Waals surface area contributed by atoms with Crippen LogP contribution in [0.25, 0.3) is 0 Å². The van der Waals surface area contributed by atoms with Crippen molar-refractivity contribution in [1.29, 1.82) is 0 Å². The number of rotatable bonds is 4. The van der Waals surface area contributed by atoms with E-state index in [4.69, 9.17) is 4.74 Å². The smallest absolute Gasteiger partial charge is 0.163 e. The van der Waals surface area contributed by atoms with E-state index >= 15 is 0 Å². The van der Waals surface area contributed by atoms with Crippen molar-refractivity contribution in [3.05, 3.63) is 35.4 Å². The summed E-state index contributed by atoms with van der Waals surface area (Å²) in [4.78, 5) is 0. The van der Waals surface area contributed by atoms with Crippen LogP contribution < -0.4 is 5.32 Å².